The Morgan fingerprint density at radius 1 is 1.60 bits per heavy atom. The molecular weight excluding hydrogens is 198 g/mol. The van der Waals surface area contributed by atoms with E-state index in [0.717, 1.165) is 0 Å². The van der Waals surface area contributed by atoms with Gasteiger partial charge in [-0.15, -0.1) is 10.2 Å². The minimum atomic E-state index is -0.478. The van der Waals surface area contributed by atoms with Crippen LogP contribution in [-0.2, 0) is 11.2 Å². The van der Waals surface area contributed by atoms with Crippen molar-refractivity contribution in [3.63, 3.8) is 0 Å². The summed E-state index contributed by atoms with van der Waals surface area (Å²) in [4.78, 5) is 11.2. The number of nitrogens with zero attached hydrogens (tertiary/aromatic N) is 2. The van der Waals surface area contributed by atoms with Gasteiger partial charge in [-0.2, -0.15) is 0 Å². The predicted octanol–water partition coefficient (Wildman–Crippen LogP) is 1.14. The lowest BCUT2D eigenvalue weighted by Crippen LogP contribution is -2.33. The first kappa shape index (κ1) is 11.5. The van der Waals surface area contributed by atoms with Crippen molar-refractivity contribution < 1.29 is 13.9 Å². The summed E-state index contributed by atoms with van der Waals surface area (Å²) in [5.74, 6) is 0.492. The van der Waals surface area contributed by atoms with Crippen LogP contribution in [0.15, 0.2) is 10.8 Å². The van der Waals surface area contributed by atoms with E-state index < -0.39 is 11.7 Å². The Morgan fingerprint density at radius 3 is 2.87 bits per heavy atom. The highest BCUT2D eigenvalue weighted by Gasteiger charge is 2.15. The van der Waals surface area contributed by atoms with Crippen molar-refractivity contribution in [3.05, 3.63) is 12.3 Å². The molecular formula is C9H15N3O3. The molecule has 1 heterocycles. The summed E-state index contributed by atoms with van der Waals surface area (Å²) in [6, 6.07) is 0. The molecule has 0 saturated carbocycles. The number of aromatic nitrogens is 2. The summed E-state index contributed by atoms with van der Waals surface area (Å²) < 4.78 is 9.94. The van der Waals surface area contributed by atoms with Crippen LogP contribution in [-0.4, -0.2) is 28.4 Å². The number of carbonyl (C=O) groups excluding carboxylic acids is 1. The number of ether oxygens (including phenoxy) is 1. The van der Waals surface area contributed by atoms with Gasteiger partial charge in [0.15, 0.2) is 0 Å². The smallest absolute Gasteiger partial charge is 0.407 e. The van der Waals surface area contributed by atoms with Crippen molar-refractivity contribution in [3.8, 4) is 0 Å². The standard InChI is InChI=1S/C9H15N3O3/c1-9(2,3)15-8(13)10-5-4-7-12-11-6-14-7/h6H,4-5H2,1-3H3,(H,10,13). The highest BCUT2D eigenvalue weighted by Crippen LogP contribution is 2.06. The zero-order valence-electron chi connectivity index (χ0n) is 9.11. The van der Waals surface area contributed by atoms with E-state index in [1.165, 1.54) is 6.39 Å². The molecule has 0 aliphatic rings. The van der Waals surface area contributed by atoms with Crippen LogP contribution in [0.4, 0.5) is 4.79 Å². The van der Waals surface area contributed by atoms with Crippen molar-refractivity contribution in [1.82, 2.24) is 15.5 Å². The third-order valence-corrected chi connectivity index (χ3v) is 1.41. The van der Waals surface area contributed by atoms with Crippen LogP contribution in [0.3, 0.4) is 0 Å². The lowest BCUT2D eigenvalue weighted by Gasteiger charge is -2.19. The number of hydrogen-bond acceptors (Lipinski definition) is 5. The molecule has 0 fully saturated rings. The summed E-state index contributed by atoms with van der Waals surface area (Å²) in [6.45, 7) is 5.84. The molecule has 0 unspecified atom stereocenters. The number of hydrogen-bond donors (Lipinski definition) is 1. The van der Waals surface area contributed by atoms with E-state index in [2.05, 4.69) is 15.5 Å². The minimum absolute atomic E-state index is 0.414. The molecule has 0 bridgehead atoms. The van der Waals surface area contributed by atoms with Gasteiger partial charge in [-0.25, -0.2) is 4.79 Å². The molecule has 0 saturated heterocycles. The largest absolute Gasteiger partial charge is 0.444 e. The fraction of sp³-hybridized carbons (Fsp3) is 0.667. The van der Waals surface area contributed by atoms with Crippen molar-refractivity contribution in [1.29, 1.82) is 0 Å². The minimum Gasteiger partial charge on any atom is -0.444 e. The van der Waals surface area contributed by atoms with E-state index in [9.17, 15) is 4.79 Å². The zero-order chi connectivity index (χ0) is 11.3. The average molecular weight is 213 g/mol. The van der Waals surface area contributed by atoms with Gasteiger partial charge in [-0.3, -0.25) is 0 Å². The van der Waals surface area contributed by atoms with Gasteiger partial charge < -0.3 is 14.5 Å². The molecule has 0 aromatic carbocycles. The molecule has 6 heteroatoms. The summed E-state index contributed by atoms with van der Waals surface area (Å²) in [5, 5.41) is 9.79. The number of rotatable bonds is 3. The van der Waals surface area contributed by atoms with Crippen LogP contribution in [0.1, 0.15) is 26.7 Å². The lowest BCUT2D eigenvalue weighted by molar-refractivity contribution is 0.0528. The normalized spacial score (nSPS) is 11.1. The van der Waals surface area contributed by atoms with Crippen molar-refractivity contribution in [2.45, 2.75) is 32.8 Å². The third-order valence-electron chi connectivity index (χ3n) is 1.41. The summed E-state index contributed by atoms with van der Waals surface area (Å²) in [6.07, 6.45) is 1.31. The second kappa shape index (κ2) is 4.77. The molecule has 0 aliphatic heterocycles. The average Bonchev–Trinajstić information content (AvgIpc) is 2.53. The maximum Gasteiger partial charge on any atom is 0.407 e. The molecule has 0 spiro atoms. The van der Waals surface area contributed by atoms with Crippen LogP contribution in [0.2, 0.25) is 0 Å². The fourth-order valence-electron chi connectivity index (χ4n) is 0.891. The van der Waals surface area contributed by atoms with Crippen LogP contribution < -0.4 is 5.32 Å². The van der Waals surface area contributed by atoms with E-state index in [1.54, 1.807) is 0 Å². The highest BCUT2D eigenvalue weighted by atomic mass is 16.6. The van der Waals surface area contributed by atoms with E-state index in [-0.39, 0.29) is 0 Å². The van der Waals surface area contributed by atoms with Gasteiger partial charge in [-0.1, -0.05) is 0 Å². The second-order valence-corrected chi connectivity index (χ2v) is 4.01. The Hall–Kier alpha value is -1.59. The Bertz CT molecular complexity index is 303. The van der Waals surface area contributed by atoms with Gasteiger partial charge >= 0.3 is 6.09 Å². The molecule has 84 valence electrons. The van der Waals surface area contributed by atoms with Crippen LogP contribution in [0.5, 0.6) is 0 Å². The fourth-order valence-corrected chi connectivity index (χ4v) is 0.891. The van der Waals surface area contributed by atoms with Crippen molar-refractivity contribution in [2.24, 2.45) is 0 Å². The molecule has 0 radical (unpaired) electrons. The van der Waals surface area contributed by atoms with Gasteiger partial charge in [0.25, 0.3) is 0 Å². The number of alkyl carbamates (subject to hydrolysis) is 1. The van der Waals surface area contributed by atoms with Gasteiger partial charge in [0, 0.05) is 13.0 Å². The molecule has 0 aliphatic carbocycles. The molecule has 15 heavy (non-hydrogen) atoms. The molecule has 0 atom stereocenters. The van der Waals surface area contributed by atoms with Gasteiger partial charge in [0.2, 0.25) is 12.3 Å². The van der Waals surface area contributed by atoms with E-state index in [4.69, 9.17) is 9.15 Å². The lowest BCUT2D eigenvalue weighted by atomic mass is 10.2. The Kier molecular flexibility index (Phi) is 3.65. The maximum absolute atomic E-state index is 11.2. The summed E-state index contributed by atoms with van der Waals surface area (Å²) in [7, 11) is 0. The first-order valence-corrected chi connectivity index (χ1v) is 4.69. The van der Waals surface area contributed by atoms with Crippen LogP contribution in [0.25, 0.3) is 0 Å². The first-order chi connectivity index (χ1) is 6.97. The van der Waals surface area contributed by atoms with E-state index in [1.807, 2.05) is 20.8 Å². The van der Waals surface area contributed by atoms with Crippen LogP contribution in [0, 0.1) is 0 Å². The number of carbonyl (C=O) groups is 1. The zero-order valence-corrected chi connectivity index (χ0v) is 9.11. The Balaban J connectivity index is 2.18. The molecule has 1 rings (SSSR count). The van der Waals surface area contributed by atoms with Crippen LogP contribution >= 0.6 is 0 Å². The topological polar surface area (TPSA) is 77.2 Å². The van der Waals surface area contributed by atoms with E-state index in [0.29, 0.717) is 18.9 Å². The van der Waals surface area contributed by atoms with Gasteiger partial charge in [0.1, 0.15) is 5.60 Å². The molecule has 6 nitrogen and oxygen atoms in total. The predicted molar refractivity (Wildman–Crippen MR) is 52.2 cm³/mol. The third kappa shape index (κ3) is 4.99. The first-order valence-electron chi connectivity index (χ1n) is 4.69. The highest BCUT2D eigenvalue weighted by molar-refractivity contribution is 5.67. The summed E-state index contributed by atoms with van der Waals surface area (Å²) >= 11 is 0. The van der Waals surface area contributed by atoms with Crippen molar-refractivity contribution >= 4 is 6.09 Å². The second-order valence-electron chi connectivity index (χ2n) is 4.01. The quantitative estimate of drug-likeness (QED) is 0.814. The molecule has 1 aromatic rings. The Labute approximate surface area is 88.0 Å². The monoisotopic (exact) mass is 213 g/mol. The SMILES string of the molecule is CC(C)(C)OC(=O)NCCc1nnco1. The Morgan fingerprint density at radius 2 is 2.33 bits per heavy atom. The molecule has 1 N–H and O–H groups in total. The van der Waals surface area contributed by atoms with Gasteiger partial charge in [0.05, 0.1) is 0 Å². The van der Waals surface area contributed by atoms with Gasteiger partial charge in [-0.05, 0) is 20.8 Å². The maximum atomic E-state index is 11.2. The molecule has 1 amide bonds. The van der Waals surface area contributed by atoms with E-state index >= 15 is 0 Å². The number of nitrogens with one attached hydrogen (secondary N) is 1. The number of amides is 1. The molecule has 1 aromatic heterocycles. The summed E-state index contributed by atoms with van der Waals surface area (Å²) in [5.41, 5.74) is -0.478. The van der Waals surface area contributed by atoms with Crippen molar-refractivity contribution in [2.75, 3.05) is 6.54 Å².